The van der Waals surface area contributed by atoms with Crippen LogP contribution in [0, 0.1) is 0 Å². The Morgan fingerprint density at radius 3 is 2.03 bits per heavy atom. The maximum Gasteiger partial charge on any atom is 0.351 e. The topological polar surface area (TPSA) is 106 Å². The molecule has 8 nitrogen and oxygen atoms in total. The van der Waals surface area contributed by atoms with Gasteiger partial charge < -0.3 is 25.0 Å². The van der Waals surface area contributed by atoms with Gasteiger partial charge in [0.2, 0.25) is 6.23 Å². The van der Waals surface area contributed by atoms with Gasteiger partial charge >= 0.3 is 11.6 Å². The number of nitrogens with one attached hydrogen (secondary N) is 1. The lowest BCUT2D eigenvalue weighted by atomic mass is 9.77. The molecular weight excluding hydrogens is 508 g/mol. The van der Waals surface area contributed by atoms with Crippen LogP contribution < -0.4 is 15.7 Å². The van der Waals surface area contributed by atoms with E-state index in [1.807, 2.05) is 84.9 Å². The van der Waals surface area contributed by atoms with Crippen LogP contribution in [0.15, 0.2) is 102 Å². The molecule has 2 heterocycles. The van der Waals surface area contributed by atoms with Crippen molar-refractivity contribution >= 4 is 5.82 Å². The predicted octanol–water partition coefficient (Wildman–Crippen LogP) is 3.54. The number of ether oxygens (including phenoxy) is 2. The number of hydrogen-bond donors (Lipinski definition) is 3. The molecule has 3 N–H and O–H groups in total. The van der Waals surface area contributed by atoms with E-state index in [1.54, 1.807) is 7.11 Å². The fourth-order valence-electron chi connectivity index (χ4n) is 4.91. The second-order valence-corrected chi connectivity index (χ2v) is 9.17. The highest BCUT2D eigenvalue weighted by atomic mass is 19.3. The molecule has 5 rings (SSSR count). The number of aliphatic hydroxyl groups excluding tert-OH is 2. The normalized spacial score (nSPS) is 20.5. The summed E-state index contributed by atoms with van der Waals surface area (Å²) < 4.78 is 40.5. The van der Waals surface area contributed by atoms with Gasteiger partial charge in [0.25, 0.3) is 0 Å². The zero-order chi connectivity index (χ0) is 27.6. The molecule has 1 aliphatic rings. The summed E-state index contributed by atoms with van der Waals surface area (Å²) in [5, 5.41) is 22.6. The Morgan fingerprint density at radius 2 is 1.54 bits per heavy atom. The third-order valence-corrected chi connectivity index (χ3v) is 6.89. The van der Waals surface area contributed by atoms with Gasteiger partial charge in [-0.25, -0.2) is 4.79 Å². The molecule has 0 unspecified atom stereocenters. The van der Waals surface area contributed by atoms with Crippen molar-refractivity contribution in [2.75, 3.05) is 19.0 Å². The number of aliphatic hydroxyl groups is 2. The van der Waals surface area contributed by atoms with Crippen molar-refractivity contribution < 1.29 is 28.5 Å². The van der Waals surface area contributed by atoms with Gasteiger partial charge in [-0.05, 0) is 34.9 Å². The minimum Gasteiger partial charge on any atom is -0.497 e. The number of methoxy groups -OCH3 is 1. The maximum atomic E-state index is 14.7. The van der Waals surface area contributed by atoms with Gasteiger partial charge in [0.1, 0.15) is 23.2 Å². The largest absolute Gasteiger partial charge is 0.497 e. The molecule has 202 valence electrons. The summed E-state index contributed by atoms with van der Waals surface area (Å²) in [6.45, 7) is -0.826. The molecule has 4 aromatic rings. The SMILES string of the molecule is COc1ccc(C(Nc2ccn([C@@H]3O[C@@H](CO)[C@@H](O)C3(F)F)c(=O)n2)(c2ccccc2)c2ccccc2)cc1. The third-order valence-electron chi connectivity index (χ3n) is 6.89. The molecule has 0 radical (unpaired) electrons. The van der Waals surface area contributed by atoms with Crippen LogP contribution in [-0.4, -0.2) is 51.6 Å². The molecule has 3 atom stereocenters. The average molecular weight is 536 g/mol. The van der Waals surface area contributed by atoms with Crippen LogP contribution in [0.4, 0.5) is 14.6 Å². The number of nitrogens with zero attached hydrogens (tertiary/aromatic N) is 2. The zero-order valence-electron chi connectivity index (χ0n) is 20.9. The van der Waals surface area contributed by atoms with Crippen LogP contribution in [0.2, 0.25) is 0 Å². The van der Waals surface area contributed by atoms with Gasteiger partial charge in [-0.15, -0.1) is 0 Å². The van der Waals surface area contributed by atoms with E-state index in [-0.39, 0.29) is 5.82 Å². The molecule has 0 bridgehead atoms. The van der Waals surface area contributed by atoms with Crippen molar-refractivity contribution in [3.63, 3.8) is 0 Å². The smallest absolute Gasteiger partial charge is 0.351 e. The first-order valence-electron chi connectivity index (χ1n) is 12.3. The number of hydrogen-bond acceptors (Lipinski definition) is 7. The number of halogens is 2. The molecule has 0 amide bonds. The standard InChI is InChI=1S/C29H27F2N3O5/c1-38-22-14-12-21(13-15-22)28(19-8-4-2-5-9-19,20-10-6-3-7-11-20)33-24-16-17-34(27(37)32-24)26-29(30,31)25(36)23(18-35)39-26/h2-17,23,25-26,35-36H,18H2,1H3,(H,32,33,37)/t23-,25+,26+/m0/s1. The molecule has 1 fully saturated rings. The van der Waals surface area contributed by atoms with Crippen LogP contribution in [0.5, 0.6) is 5.75 Å². The molecule has 10 heteroatoms. The molecule has 1 aromatic heterocycles. The summed E-state index contributed by atoms with van der Waals surface area (Å²) >= 11 is 0. The molecule has 0 saturated carbocycles. The predicted molar refractivity (Wildman–Crippen MR) is 140 cm³/mol. The van der Waals surface area contributed by atoms with Crippen LogP contribution in [-0.2, 0) is 10.3 Å². The highest BCUT2D eigenvalue weighted by molar-refractivity contribution is 5.58. The fourth-order valence-corrected chi connectivity index (χ4v) is 4.91. The molecule has 0 spiro atoms. The molecule has 1 saturated heterocycles. The van der Waals surface area contributed by atoms with E-state index in [2.05, 4.69) is 10.3 Å². The van der Waals surface area contributed by atoms with Gasteiger partial charge in [-0.1, -0.05) is 72.8 Å². The van der Waals surface area contributed by atoms with Gasteiger partial charge in [-0.3, -0.25) is 4.57 Å². The van der Waals surface area contributed by atoms with Crippen molar-refractivity contribution in [2.24, 2.45) is 0 Å². The number of aromatic nitrogens is 2. The Bertz CT molecular complexity index is 1430. The lowest BCUT2D eigenvalue weighted by molar-refractivity contribution is -0.140. The van der Waals surface area contributed by atoms with E-state index in [4.69, 9.17) is 9.47 Å². The first kappa shape index (κ1) is 26.5. The lowest BCUT2D eigenvalue weighted by Crippen LogP contribution is -2.42. The van der Waals surface area contributed by atoms with Crippen molar-refractivity contribution in [1.82, 2.24) is 9.55 Å². The summed E-state index contributed by atoms with van der Waals surface area (Å²) in [5.74, 6) is -3.02. The van der Waals surface area contributed by atoms with Gasteiger partial charge in [0, 0.05) is 6.20 Å². The van der Waals surface area contributed by atoms with Crippen molar-refractivity contribution in [1.29, 1.82) is 0 Å². The molecule has 3 aromatic carbocycles. The zero-order valence-corrected chi connectivity index (χ0v) is 20.9. The quantitative estimate of drug-likeness (QED) is 0.297. The monoisotopic (exact) mass is 535 g/mol. The number of rotatable bonds is 8. The first-order chi connectivity index (χ1) is 18.8. The molecular formula is C29H27F2N3O5. The van der Waals surface area contributed by atoms with E-state index in [9.17, 15) is 23.8 Å². The molecule has 0 aliphatic carbocycles. The van der Waals surface area contributed by atoms with E-state index in [0.717, 1.165) is 22.9 Å². The summed E-state index contributed by atoms with van der Waals surface area (Å²) in [7, 11) is 1.58. The Hall–Kier alpha value is -4.12. The number of alkyl halides is 2. The Morgan fingerprint density at radius 1 is 0.974 bits per heavy atom. The second-order valence-electron chi connectivity index (χ2n) is 9.17. The van der Waals surface area contributed by atoms with Crippen LogP contribution >= 0.6 is 0 Å². The fraction of sp³-hybridized carbons (Fsp3) is 0.241. The summed E-state index contributed by atoms with van der Waals surface area (Å²) in [5.41, 5.74) is 0.442. The summed E-state index contributed by atoms with van der Waals surface area (Å²) in [4.78, 5) is 17.1. The maximum absolute atomic E-state index is 14.7. The summed E-state index contributed by atoms with van der Waals surface area (Å²) in [6, 6.07) is 28.0. The Kier molecular flexibility index (Phi) is 7.17. The Labute approximate surface area is 223 Å². The first-order valence-corrected chi connectivity index (χ1v) is 12.3. The van der Waals surface area contributed by atoms with Gasteiger partial charge in [-0.2, -0.15) is 13.8 Å². The van der Waals surface area contributed by atoms with Crippen LogP contribution in [0.1, 0.15) is 22.9 Å². The van der Waals surface area contributed by atoms with Crippen LogP contribution in [0.3, 0.4) is 0 Å². The van der Waals surface area contributed by atoms with Crippen molar-refractivity contribution in [3.05, 3.63) is 124 Å². The van der Waals surface area contributed by atoms with E-state index in [0.29, 0.717) is 10.3 Å². The van der Waals surface area contributed by atoms with Gasteiger partial charge in [0.15, 0.2) is 6.10 Å². The van der Waals surface area contributed by atoms with E-state index < -0.39 is 42.2 Å². The number of anilines is 1. The highest BCUT2D eigenvalue weighted by Gasteiger charge is 2.59. The third kappa shape index (κ3) is 4.67. The van der Waals surface area contributed by atoms with Gasteiger partial charge in [0.05, 0.1) is 13.7 Å². The second kappa shape index (κ2) is 10.6. The number of benzene rings is 3. The van der Waals surface area contributed by atoms with Crippen molar-refractivity contribution in [3.8, 4) is 5.75 Å². The minimum absolute atomic E-state index is 0.125. The lowest BCUT2D eigenvalue weighted by Gasteiger charge is -2.37. The molecule has 39 heavy (non-hydrogen) atoms. The molecule has 1 aliphatic heterocycles. The van der Waals surface area contributed by atoms with E-state index in [1.165, 1.54) is 6.07 Å². The van der Waals surface area contributed by atoms with Crippen molar-refractivity contribution in [2.45, 2.75) is 29.9 Å². The highest BCUT2D eigenvalue weighted by Crippen LogP contribution is 2.43. The Balaban J connectivity index is 1.63. The average Bonchev–Trinajstić information content (AvgIpc) is 3.20. The van der Waals surface area contributed by atoms with Crippen LogP contribution in [0.25, 0.3) is 0 Å². The van der Waals surface area contributed by atoms with E-state index >= 15 is 0 Å². The summed E-state index contributed by atoms with van der Waals surface area (Å²) in [6.07, 6.45) is -4.78. The minimum atomic E-state index is -3.81.